The molecule has 3 N–H and O–H groups in total. The Hall–Kier alpha value is -1.53. The predicted octanol–water partition coefficient (Wildman–Crippen LogP) is 2.05. The first kappa shape index (κ1) is 15.9. The molecular formula is C15H20F2N2O2. The van der Waals surface area contributed by atoms with Gasteiger partial charge in [0.25, 0.3) is 0 Å². The molecule has 1 aliphatic rings. The van der Waals surface area contributed by atoms with Crippen molar-refractivity contribution in [3.05, 3.63) is 29.8 Å². The number of aliphatic hydroxyl groups is 1. The second-order valence-corrected chi connectivity index (χ2v) is 5.61. The number of anilines is 1. The number of para-hydroxylation sites is 1. The molecule has 0 unspecified atom stereocenters. The van der Waals surface area contributed by atoms with Gasteiger partial charge in [-0.25, -0.2) is 8.78 Å². The zero-order valence-electron chi connectivity index (χ0n) is 11.8. The first-order valence-electron chi connectivity index (χ1n) is 7.12. The fourth-order valence-electron chi connectivity index (χ4n) is 2.76. The molecule has 0 aliphatic heterocycles. The van der Waals surface area contributed by atoms with Crippen molar-refractivity contribution in [3.63, 3.8) is 0 Å². The maximum absolute atomic E-state index is 13.4. The van der Waals surface area contributed by atoms with Crippen LogP contribution < -0.4 is 10.6 Å². The first-order chi connectivity index (χ1) is 10.1. The Bertz CT molecular complexity index is 482. The van der Waals surface area contributed by atoms with Crippen molar-refractivity contribution in [1.29, 1.82) is 0 Å². The Labute approximate surface area is 122 Å². The normalized spacial score (nSPS) is 16.9. The van der Waals surface area contributed by atoms with Gasteiger partial charge in [-0.05, 0) is 25.0 Å². The number of amides is 1. The lowest BCUT2D eigenvalue weighted by molar-refractivity contribution is -0.115. The van der Waals surface area contributed by atoms with Crippen LogP contribution in [0.2, 0.25) is 0 Å². The Morgan fingerprint density at radius 3 is 2.43 bits per heavy atom. The largest absolute Gasteiger partial charge is 0.396 e. The minimum absolute atomic E-state index is 0.0461. The molecule has 1 saturated carbocycles. The van der Waals surface area contributed by atoms with E-state index in [1.165, 1.54) is 6.07 Å². The van der Waals surface area contributed by atoms with Crippen LogP contribution in [0.5, 0.6) is 0 Å². The molecule has 0 atom stereocenters. The standard InChI is InChI=1S/C15H20F2N2O2/c16-11-4-3-5-12(17)14(11)19-13(21)8-18-9-15(10-20)6-1-2-7-15/h3-5,18,20H,1-2,6-10H2,(H,19,21). The van der Waals surface area contributed by atoms with Gasteiger partial charge in [0.15, 0.2) is 0 Å². The zero-order chi connectivity index (χ0) is 15.3. The van der Waals surface area contributed by atoms with E-state index in [2.05, 4.69) is 10.6 Å². The van der Waals surface area contributed by atoms with Crippen LogP contribution in [0.1, 0.15) is 25.7 Å². The summed E-state index contributed by atoms with van der Waals surface area (Å²) in [4.78, 5) is 11.7. The van der Waals surface area contributed by atoms with Gasteiger partial charge in [0.2, 0.25) is 5.91 Å². The summed E-state index contributed by atoms with van der Waals surface area (Å²) in [7, 11) is 0. The number of halogens is 2. The van der Waals surface area contributed by atoms with Crippen molar-refractivity contribution in [3.8, 4) is 0 Å². The van der Waals surface area contributed by atoms with Crippen molar-refractivity contribution in [2.24, 2.45) is 5.41 Å². The summed E-state index contributed by atoms with van der Waals surface area (Å²) in [6.07, 6.45) is 4.02. The van der Waals surface area contributed by atoms with Gasteiger partial charge in [-0.15, -0.1) is 0 Å². The molecular weight excluding hydrogens is 278 g/mol. The smallest absolute Gasteiger partial charge is 0.238 e. The molecule has 2 rings (SSSR count). The van der Waals surface area contributed by atoms with Crippen LogP contribution in [0.4, 0.5) is 14.5 Å². The van der Waals surface area contributed by atoms with Gasteiger partial charge in [-0.3, -0.25) is 4.79 Å². The van der Waals surface area contributed by atoms with Gasteiger partial charge in [0.05, 0.1) is 6.54 Å². The minimum Gasteiger partial charge on any atom is -0.396 e. The van der Waals surface area contributed by atoms with E-state index in [1.54, 1.807) is 0 Å². The van der Waals surface area contributed by atoms with Crippen LogP contribution in [0.15, 0.2) is 18.2 Å². The van der Waals surface area contributed by atoms with E-state index < -0.39 is 23.2 Å². The lowest BCUT2D eigenvalue weighted by atomic mass is 9.87. The van der Waals surface area contributed by atoms with E-state index in [0.717, 1.165) is 37.8 Å². The van der Waals surface area contributed by atoms with Gasteiger partial charge in [0.1, 0.15) is 17.3 Å². The Morgan fingerprint density at radius 2 is 1.86 bits per heavy atom. The van der Waals surface area contributed by atoms with Crippen LogP contribution in [0.25, 0.3) is 0 Å². The fourth-order valence-corrected chi connectivity index (χ4v) is 2.76. The molecule has 0 spiro atoms. The van der Waals surface area contributed by atoms with Gasteiger partial charge >= 0.3 is 0 Å². The van der Waals surface area contributed by atoms with E-state index in [4.69, 9.17) is 0 Å². The SMILES string of the molecule is O=C(CNCC1(CO)CCCC1)Nc1c(F)cccc1F. The molecule has 1 amide bonds. The highest BCUT2D eigenvalue weighted by molar-refractivity contribution is 5.92. The molecule has 1 aromatic carbocycles. The number of carbonyl (C=O) groups is 1. The third-order valence-corrected chi connectivity index (χ3v) is 4.01. The first-order valence-corrected chi connectivity index (χ1v) is 7.12. The van der Waals surface area contributed by atoms with Crippen molar-refractivity contribution >= 4 is 11.6 Å². The monoisotopic (exact) mass is 298 g/mol. The summed E-state index contributed by atoms with van der Waals surface area (Å²) in [5, 5.41) is 14.6. The molecule has 0 aromatic heterocycles. The number of carbonyl (C=O) groups excluding carboxylic acids is 1. The highest BCUT2D eigenvalue weighted by atomic mass is 19.1. The van der Waals surface area contributed by atoms with Gasteiger partial charge < -0.3 is 15.7 Å². The summed E-state index contributed by atoms with van der Waals surface area (Å²) in [6, 6.07) is 3.42. The van der Waals surface area contributed by atoms with E-state index in [9.17, 15) is 18.7 Å². The topological polar surface area (TPSA) is 61.4 Å². The zero-order valence-corrected chi connectivity index (χ0v) is 11.8. The Morgan fingerprint density at radius 1 is 1.24 bits per heavy atom. The van der Waals surface area contributed by atoms with E-state index in [-0.39, 0.29) is 18.6 Å². The number of rotatable bonds is 6. The van der Waals surface area contributed by atoms with Gasteiger partial charge in [-0.2, -0.15) is 0 Å². The lowest BCUT2D eigenvalue weighted by Crippen LogP contribution is -2.39. The van der Waals surface area contributed by atoms with Crippen molar-refractivity contribution in [1.82, 2.24) is 5.32 Å². The van der Waals surface area contributed by atoms with E-state index >= 15 is 0 Å². The maximum Gasteiger partial charge on any atom is 0.238 e. The molecule has 0 heterocycles. The van der Waals surface area contributed by atoms with Crippen molar-refractivity contribution < 1.29 is 18.7 Å². The average Bonchev–Trinajstić information content (AvgIpc) is 2.92. The van der Waals surface area contributed by atoms with Crippen LogP contribution in [0, 0.1) is 17.0 Å². The highest BCUT2D eigenvalue weighted by Crippen LogP contribution is 2.36. The van der Waals surface area contributed by atoms with Crippen molar-refractivity contribution in [2.75, 3.05) is 25.0 Å². The number of benzene rings is 1. The van der Waals surface area contributed by atoms with Gasteiger partial charge in [-0.1, -0.05) is 18.9 Å². The summed E-state index contributed by atoms with van der Waals surface area (Å²) in [6.45, 7) is 0.565. The van der Waals surface area contributed by atoms with Crippen LogP contribution in [-0.4, -0.2) is 30.7 Å². The number of aliphatic hydroxyl groups excluding tert-OH is 1. The average molecular weight is 298 g/mol. The summed E-state index contributed by atoms with van der Waals surface area (Å²) < 4.78 is 26.8. The Balaban J connectivity index is 1.82. The highest BCUT2D eigenvalue weighted by Gasteiger charge is 2.32. The molecule has 1 aromatic rings. The van der Waals surface area contributed by atoms with Crippen molar-refractivity contribution in [2.45, 2.75) is 25.7 Å². The molecule has 6 heteroatoms. The third kappa shape index (κ3) is 3.98. The van der Waals surface area contributed by atoms with E-state index in [1.807, 2.05) is 0 Å². The third-order valence-electron chi connectivity index (χ3n) is 4.01. The lowest BCUT2D eigenvalue weighted by Gasteiger charge is -2.26. The maximum atomic E-state index is 13.4. The summed E-state index contributed by atoms with van der Waals surface area (Å²) in [5.41, 5.74) is -0.592. The summed E-state index contributed by atoms with van der Waals surface area (Å²) >= 11 is 0. The Kier molecular flexibility index (Phi) is 5.25. The second-order valence-electron chi connectivity index (χ2n) is 5.61. The fraction of sp³-hybridized carbons (Fsp3) is 0.533. The molecule has 0 radical (unpaired) electrons. The quantitative estimate of drug-likeness (QED) is 0.753. The molecule has 116 valence electrons. The number of nitrogens with one attached hydrogen (secondary N) is 2. The van der Waals surface area contributed by atoms with Crippen LogP contribution >= 0.6 is 0 Å². The molecule has 0 bridgehead atoms. The molecule has 1 aliphatic carbocycles. The molecule has 21 heavy (non-hydrogen) atoms. The number of hydrogen-bond acceptors (Lipinski definition) is 3. The minimum atomic E-state index is -0.800. The van der Waals surface area contributed by atoms with Crippen LogP contribution in [-0.2, 0) is 4.79 Å². The molecule has 4 nitrogen and oxygen atoms in total. The van der Waals surface area contributed by atoms with E-state index in [0.29, 0.717) is 6.54 Å². The van der Waals surface area contributed by atoms with Crippen LogP contribution in [0.3, 0.4) is 0 Å². The van der Waals surface area contributed by atoms with Gasteiger partial charge in [0, 0.05) is 18.6 Å². The molecule has 0 saturated heterocycles. The second kappa shape index (κ2) is 6.95. The molecule has 1 fully saturated rings. The number of hydrogen-bond donors (Lipinski definition) is 3. The summed E-state index contributed by atoms with van der Waals surface area (Å²) in [5.74, 6) is -2.11. The predicted molar refractivity (Wildman–Crippen MR) is 75.8 cm³/mol.